The normalized spacial score (nSPS) is 18.1. The Bertz CT molecular complexity index is 971. The standard InChI is InChI=1S/C21H19ClN2O5/c22-11-19(25)23-13-3-1-4-14(9-13)29-15-6-7-17-18(10-15)21(27)24(20(17)26)12-16-5-2-8-28-16/h1,3-4,6-7,9-10,16H,2,5,8,11-12H2,(H,23,25). The molecule has 2 heterocycles. The van der Waals surface area contributed by atoms with Crippen LogP contribution in [-0.4, -0.2) is 47.8 Å². The van der Waals surface area contributed by atoms with Crippen molar-refractivity contribution in [1.82, 2.24) is 4.90 Å². The van der Waals surface area contributed by atoms with E-state index in [1.54, 1.807) is 42.5 Å². The topological polar surface area (TPSA) is 84.9 Å². The highest BCUT2D eigenvalue weighted by atomic mass is 35.5. The molecule has 0 aromatic heterocycles. The molecular formula is C21H19ClN2O5. The predicted octanol–water partition coefficient (Wildman–Crippen LogP) is 3.43. The average molecular weight is 415 g/mol. The molecule has 0 spiro atoms. The molecule has 29 heavy (non-hydrogen) atoms. The summed E-state index contributed by atoms with van der Waals surface area (Å²) in [5, 5.41) is 2.64. The van der Waals surface area contributed by atoms with Crippen molar-refractivity contribution in [2.75, 3.05) is 24.3 Å². The van der Waals surface area contributed by atoms with Crippen molar-refractivity contribution >= 4 is 35.0 Å². The molecule has 1 saturated heterocycles. The number of nitrogens with one attached hydrogen (secondary N) is 1. The van der Waals surface area contributed by atoms with E-state index in [0.29, 0.717) is 34.9 Å². The van der Waals surface area contributed by atoms with Crippen LogP contribution in [0, 0.1) is 0 Å². The first kappa shape index (κ1) is 19.4. The summed E-state index contributed by atoms with van der Waals surface area (Å²) in [6.07, 6.45) is 1.69. The molecule has 1 unspecified atom stereocenters. The molecule has 8 heteroatoms. The summed E-state index contributed by atoms with van der Waals surface area (Å²) in [6, 6.07) is 11.6. The van der Waals surface area contributed by atoms with Crippen molar-refractivity contribution in [1.29, 1.82) is 0 Å². The number of benzene rings is 2. The number of ether oxygens (including phenoxy) is 2. The van der Waals surface area contributed by atoms with Gasteiger partial charge >= 0.3 is 0 Å². The van der Waals surface area contributed by atoms with Gasteiger partial charge < -0.3 is 14.8 Å². The molecule has 2 aromatic rings. The minimum atomic E-state index is -0.339. The van der Waals surface area contributed by atoms with E-state index in [1.807, 2.05) is 0 Å². The summed E-state index contributed by atoms with van der Waals surface area (Å²) in [5.41, 5.74) is 1.23. The lowest BCUT2D eigenvalue weighted by molar-refractivity contribution is -0.113. The average Bonchev–Trinajstić information content (AvgIpc) is 3.31. The highest BCUT2D eigenvalue weighted by Crippen LogP contribution is 2.31. The Kier molecular flexibility index (Phi) is 5.51. The lowest BCUT2D eigenvalue weighted by atomic mass is 10.1. The van der Waals surface area contributed by atoms with Crippen LogP contribution in [0.15, 0.2) is 42.5 Å². The molecule has 1 atom stereocenters. The minimum absolute atomic E-state index is 0.0983. The van der Waals surface area contributed by atoms with Crippen LogP contribution in [0.25, 0.3) is 0 Å². The van der Waals surface area contributed by atoms with Gasteiger partial charge in [0, 0.05) is 18.4 Å². The lowest BCUT2D eigenvalue weighted by Gasteiger charge is -2.17. The van der Waals surface area contributed by atoms with Gasteiger partial charge in [-0.3, -0.25) is 19.3 Å². The van der Waals surface area contributed by atoms with Gasteiger partial charge in [0.15, 0.2) is 0 Å². The number of carbonyl (C=O) groups is 3. The molecule has 0 bridgehead atoms. The quantitative estimate of drug-likeness (QED) is 0.578. The number of alkyl halides is 1. The lowest BCUT2D eigenvalue weighted by Crippen LogP contribution is -2.36. The molecule has 1 N–H and O–H groups in total. The van der Waals surface area contributed by atoms with Gasteiger partial charge in [0.2, 0.25) is 5.91 Å². The predicted molar refractivity (Wildman–Crippen MR) is 107 cm³/mol. The Balaban J connectivity index is 1.50. The molecule has 3 amide bonds. The third kappa shape index (κ3) is 4.11. The molecule has 2 aliphatic heterocycles. The maximum atomic E-state index is 12.7. The summed E-state index contributed by atoms with van der Waals surface area (Å²) in [5.74, 6) is -0.215. The van der Waals surface area contributed by atoms with Crippen molar-refractivity contribution in [3.05, 3.63) is 53.6 Å². The van der Waals surface area contributed by atoms with Crippen molar-refractivity contribution in [2.45, 2.75) is 18.9 Å². The van der Waals surface area contributed by atoms with Crippen LogP contribution in [0.2, 0.25) is 0 Å². The van der Waals surface area contributed by atoms with Gasteiger partial charge in [-0.1, -0.05) is 6.07 Å². The van der Waals surface area contributed by atoms with Crippen LogP contribution in [-0.2, 0) is 9.53 Å². The van der Waals surface area contributed by atoms with E-state index in [9.17, 15) is 14.4 Å². The minimum Gasteiger partial charge on any atom is -0.457 e. The number of hydrogen-bond donors (Lipinski definition) is 1. The van der Waals surface area contributed by atoms with Crippen LogP contribution in [0.4, 0.5) is 5.69 Å². The second-order valence-corrected chi connectivity index (χ2v) is 7.14. The summed E-state index contributed by atoms with van der Waals surface area (Å²) >= 11 is 5.50. The summed E-state index contributed by atoms with van der Waals surface area (Å²) in [4.78, 5) is 38.0. The largest absolute Gasteiger partial charge is 0.457 e. The molecular weight excluding hydrogens is 396 g/mol. The number of halogens is 1. The zero-order valence-corrected chi connectivity index (χ0v) is 16.3. The Labute approximate surface area is 172 Å². The molecule has 0 aliphatic carbocycles. The highest BCUT2D eigenvalue weighted by Gasteiger charge is 2.37. The molecule has 4 rings (SSSR count). The number of hydrogen-bond acceptors (Lipinski definition) is 5. The summed E-state index contributed by atoms with van der Waals surface area (Å²) in [6.45, 7) is 0.932. The fourth-order valence-corrected chi connectivity index (χ4v) is 3.53. The number of anilines is 1. The molecule has 2 aliphatic rings. The maximum absolute atomic E-state index is 12.7. The zero-order chi connectivity index (χ0) is 20.4. The highest BCUT2D eigenvalue weighted by molar-refractivity contribution is 6.29. The fraction of sp³-hybridized carbons (Fsp3) is 0.286. The van der Waals surface area contributed by atoms with Gasteiger partial charge in [0.25, 0.3) is 11.8 Å². The van der Waals surface area contributed by atoms with Gasteiger partial charge in [0.05, 0.1) is 23.8 Å². The van der Waals surface area contributed by atoms with Gasteiger partial charge in [-0.15, -0.1) is 11.6 Å². The van der Waals surface area contributed by atoms with Crippen molar-refractivity contribution in [3.8, 4) is 11.5 Å². The molecule has 1 fully saturated rings. The Morgan fingerprint density at radius 1 is 1.14 bits per heavy atom. The van der Waals surface area contributed by atoms with Crippen LogP contribution in [0.1, 0.15) is 33.6 Å². The third-order valence-electron chi connectivity index (χ3n) is 4.83. The summed E-state index contributed by atoms with van der Waals surface area (Å²) < 4.78 is 11.4. The second kappa shape index (κ2) is 8.23. The summed E-state index contributed by atoms with van der Waals surface area (Å²) in [7, 11) is 0. The van der Waals surface area contributed by atoms with Gasteiger partial charge in [-0.05, 0) is 43.2 Å². The van der Waals surface area contributed by atoms with Crippen molar-refractivity contribution in [3.63, 3.8) is 0 Å². The number of carbonyl (C=O) groups excluding carboxylic acids is 3. The molecule has 150 valence electrons. The number of rotatable bonds is 6. The number of fused-ring (bicyclic) bond motifs is 1. The van der Waals surface area contributed by atoms with E-state index >= 15 is 0 Å². The van der Waals surface area contributed by atoms with E-state index in [-0.39, 0.29) is 36.3 Å². The first-order chi connectivity index (χ1) is 14.0. The van der Waals surface area contributed by atoms with Crippen LogP contribution < -0.4 is 10.1 Å². The van der Waals surface area contributed by atoms with E-state index in [4.69, 9.17) is 21.1 Å². The van der Waals surface area contributed by atoms with E-state index in [2.05, 4.69) is 5.32 Å². The first-order valence-corrected chi connectivity index (χ1v) is 9.84. The SMILES string of the molecule is O=C(CCl)Nc1cccc(Oc2ccc3c(c2)C(=O)N(CC2CCCO2)C3=O)c1. The maximum Gasteiger partial charge on any atom is 0.261 e. The Morgan fingerprint density at radius 2 is 1.93 bits per heavy atom. The number of nitrogens with zero attached hydrogens (tertiary/aromatic N) is 1. The van der Waals surface area contributed by atoms with Crippen LogP contribution in [0.3, 0.4) is 0 Å². The van der Waals surface area contributed by atoms with E-state index in [0.717, 1.165) is 12.8 Å². The monoisotopic (exact) mass is 414 g/mol. The smallest absolute Gasteiger partial charge is 0.261 e. The van der Waals surface area contributed by atoms with E-state index in [1.165, 1.54) is 4.90 Å². The third-order valence-corrected chi connectivity index (χ3v) is 5.07. The van der Waals surface area contributed by atoms with E-state index < -0.39 is 0 Å². The van der Waals surface area contributed by atoms with Crippen LogP contribution >= 0.6 is 11.6 Å². The van der Waals surface area contributed by atoms with Gasteiger partial charge in [-0.25, -0.2) is 0 Å². The van der Waals surface area contributed by atoms with Crippen molar-refractivity contribution < 1.29 is 23.9 Å². The Hall–Kier alpha value is -2.90. The molecule has 7 nitrogen and oxygen atoms in total. The molecule has 0 saturated carbocycles. The first-order valence-electron chi connectivity index (χ1n) is 9.31. The number of imide groups is 1. The zero-order valence-electron chi connectivity index (χ0n) is 15.5. The Morgan fingerprint density at radius 3 is 2.69 bits per heavy atom. The second-order valence-electron chi connectivity index (χ2n) is 6.88. The fourth-order valence-electron chi connectivity index (χ4n) is 3.46. The molecule has 0 radical (unpaired) electrons. The van der Waals surface area contributed by atoms with Crippen LogP contribution in [0.5, 0.6) is 11.5 Å². The van der Waals surface area contributed by atoms with Crippen molar-refractivity contribution in [2.24, 2.45) is 0 Å². The number of amides is 3. The van der Waals surface area contributed by atoms with Gasteiger partial charge in [0.1, 0.15) is 17.4 Å². The molecule has 2 aromatic carbocycles. The van der Waals surface area contributed by atoms with Gasteiger partial charge in [-0.2, -0.15) is 0 Å².